The Hall–Kier alpha value is -2.49. The fourth-order valence-electron chi connectivity index (χ4n) is 4.45. The molecule has 0 bridgehead atoms. The SMILES string of the molecule is O=C(O)COCC[N+]1(CCOCC(=O)O)CCN(C(c2ccccc2)c2ccc(Cl)cc2)CC1. The van der Waals surface area contributed by atoms with Crippen LogP contribution in [0.15, 0.2) is 54.6 Å². The Labute approximate surface area is 204 Å². The number of carbonyl (C=O) groups is 2. The minimum absolute atomic E-state index is 0.0900. The predicted molar refractivity (Wildman–Crippen MR) is 128 cm³/mol. The minimum Gasteiger partial charge on any atom is -0.480 e. The average molecular weight is 492 g/mol. The molecule has 0 amide bonds. The average Bonchev–Trinajstić information content (AvgIpc) is 2.83. The zero-order chi connectivity index (χ0) is 24.4. The van der Waals surface area contributed by atoms with E-state index in [4.69, 9.17) is 31.3 Å². The first-order valence-electron chi connectivity index (χ1n) is 11.4. The third kappa shape index (κ3) is 7.78. The summed E-state index contributed by atoms with van der Waals surface area (Å²) in [5.74, 6) is -1.98. The molecule has 2 aromatic rings. The Morgan fingerprint density at radius 2 is 1.35 bits per heavy atom. The number of hydrogen-bond acceptors (Lipinski definition) is 5. The monoisotopic (exact) mass is 491 g/mol. The summed E-state index contributed by atoms with van der Waals surface area (Å²) in [5, 5.41) is 18.4. The van der Waals surface area contributed by atoms with Crippen LogP contribution in [0.1, 0.15) is 17.2 Å². The van der Waals surface area contributed by atoms with Crippen LogP contribution in [0, 0.1) is 0 Å². The topological polar surface area (TPSA) is 96.3 Å². The lowest BCUT2D eigenvalue weighted by atomic mass is 9.96. The molecule has 0 aliphatic carbocycles. The summed E-state index contributed by atoms with van der Waals surface area (Å²) in [5.41, 5.74) is 2.38. The van der Waals surface area contributed by atoms with Crippen molar-refractivity contribution in [1.29, 1.82) is 0 Å². The van der Waals surface area contributed by atoms with E-state index in [1.807, 2.05) is 30.3 Å². The first-order chi connectivity index (χ1) is 16.4. The van der Waals surface area contributed by atoms with Crippen LogP contribution in [0.5, 0.6) is 0 Å². The highest BCUT2D eigenvalue weighted by molar-refractivity contribution is 6.30. The van der Waals surface area contributed by atoms with E-state index in [9.17, 15) is 9.59 Å². The maximum Gasteiger partial charge on any atom is 0.329 e. The fraction of sp³-hybridized carbons (Fsp3) is 0.440. The van der Waals surface area contributed by atoms with Gasteiger partial charge in [0.1, 0.15) is 26.3 Å². The van der Waals surface area contributed by atoms with E-state index in [-0.39, 0.29) is 19.3 Å². The smallest absolute Gasteiger partial charge is 0.329 e. The Morgan fingerprint density at radius 3 is 1.85 bits per heavy atom. The van der Waals surface area contributed by atoms with Gasteiger partial charge in [0.05, 0.1) is 32.3 Å². The zero-order valence-corrected chi connectivity index (χ0v) is 19.9. The van der Waals surface area contributed by atoms with E-state index in [2.05, 4.69) is 29.2 Å². The van der Waals surface area contributed by atoms with Crippen LogP contribution in [0.2, 0.25) is 5.02 Å². The number of halogens is 1. The van der Waals surface area contributed by atoms with Gasteiger partial charge >= 0.3 is 11.9 Å². The summed E-state index contributed by atoms with van der Waals surface area (Å²) in [6.45, 7) is 4.58. The van der Waals surface area contributed by atoms with Gasteiger partial charge in [0, 0.05) is 18.1 Å². The molecular formula is C25H32ClN2O6+. The number of ether oxygens (including phenoxy) is 2. The highest BCUT2D eigenvalue weighted by Gasteiger charge is 2.36. The molecule has 1 aliphatic rings. The van der Waals surface area contributed by atoms with E-state index in [1.54, 1.807) is 0 Å². The highest BCUT2D eigenvalue weighted by Crippen LogP contribution is 2.31. The van der Waals surface area contributed by atoms with Crippen LogP contribution in [0.25, 0.3) is 0 Å². The molecule has 2 aromatic carbocycles. The number of benzene rings is 2. The number of aliphatic carboxylic acids is 2. The van der Waals surface area contributed by atoms with Crippen molar-refractivity contribution in [3.8, 4) is 0 Å². The Kier molecular flexibility index (Phi) is 9.86. The van der Waals surface area contributed by atoms with Crippen LogP contribution in [-0.2, 0) is 19.1 Å². The van der Waals surface area contributed by atoms with E-state index >= 15 is 0 Å². The molecule has 1 aliphatic heterocycles. The van der Waals surface area contributed by atoms with Gasteiger partial charge in [0.15, 0.2) is 0 Å². The molecule has 1 saturated heterocycles. The summed E-state index contributed by atoms with van der Waals surface area (Å²) in [7, 11) is 0. The molecular weight excluding hydrogens is 460 g/mol. The van der Waals surface area contributed by atoms with Crippen LogP contribution in [-0.4, -0.2) is 97.2 Å². The van der Waals surface area contributed by atoms with Gasteiger partial charge in [0.25, 0.3) is 0 Å². The van der Waals surface area contributed by atoms with Crippen molar-refractivity contribution in [3.05, 3.63) is 70.7 Å². The molecule has 0 saturated carbocycles. The number of rotatable bonds is 13. The molecule has 1 heterocycles. The second-order valence-electron chi connectivity index (χ2n) is 8.53. The molecule has 3 rings (SSSR count). The van der Waals surface area contributed by atoms with Crippen molar-refractivity contribution in [2.24, 2.45) is 0 Å². The summed E-state index contributed by atoms with van der Waals surface area (Å²) in [6.07, 6.45) is 0. The molecule has 9 heteroatoms. The van der Waals surface area contributed by atoms with Gasteiger partial charge in [0.2, 0.25) is 0 Å². The molecule has 1 atom stereocenters. The number of quaternary nitrogens is 1. The van der Waals surface area contributed by atoms with Crippen molar-refractivity contribution in [2.45, 2.75) is 6.04 Å². The predicted octanol–water partition coefficient (Wildman–Crippen LogP) is 2.76. The summed E-state index contributed by atoms with van der Waals surface area (Å²) in [6, 6.07) is 18.4. The molecule has 2 N–H and O–H groups in total. The van der Waals surface area contributed by atoms with Crippen molar-refractivity contribution in [3.63, 3.8) is 0 Å². The lowest BCUT2D eigenvalue weighted by Gasteiger charge is -2.47. The lowest BCUT2D eigenvalue weighted by Crippen LogP contribution is -2.62. The third-order valence-corrected chi connectivity index (χ3v) is 6.51. The van der Waals surface area contributed by atoms with E-state index < -0.39 is 11.9 Å². The van der Waals surface area contributed by atoms with Gasteiger partial charge in [-0.05, 0) is 23.3 Å². The summed E-state index contributed by atoms with van der Waals surface area (Å²) in [4.78, 5) is 24.0. The lowest BCUT2D eigenvalue weighted by molar-refractivity contribution is -0.932. The second-order valence-corrected chi connectivity index (χ2v) is 8.97. The number of carboxylic acids is 2. The van der Waals surface area contributed by atoms with E-state index in [0.717, 1.165) is 26.2 Å². The molecule has 1 fully saturated rings. The number of hydrogen-bond donors (Lipinski definition) is 2. The van der Waals surface area contributed by atoms with E-state index in [1.165, 1.54) is 11.1 Å². The Morgan fingerprint density at radius 1 is 0.853 bits per heavy atom. The molecule has 34 heavy (non-hydrogen) atoms. The quantitative estimate of drug-likeness (QED) is 0.328. The summed E-state index contributed by atoms with van der Waals surface area (Å²) < 4.78 is 11.3. The third-order valence-electron chi connectivity index (χ3n) is 6.26. The highest BCUT2D eigenvalue weighted by atomic mass is 35.5. The zero-order valence-electron chi connectivity index (χ0n) is 19.1. The van der Waals surface area contributed by atoms with Crippen molar-refractivity contribution < 1.29 is 33.8 Å². The van der Waals surface area contributed by atoms with Crippen LogP contribution >= 0.6 is 11.6 Å². The van der Waals surface area contributed by atoms with Crippen LogP contribution in [0.3, 0.4) is 0 Å². The van der Waals surface area contributed by atoms with Crippen molar-refractivity contribution in [2.75, 3.05) is 65.7 Å². The first kappa shape index (κ1) is 26.1. The number of carboxylic acid groups (broad SMARTS) is 2. The van der Waals surface area contributed by atoms with Crippen LogP contribution in [0.4, 0.5) is 0 Å². The van der Waals surface area contributed by atoms with Crippen LogP contribution < -0.4 is 0 Å². The molecule has 8 nitrogen and oxygen atoms in total. The second kappa shape index (κ2) is 12.8. The van der Waals surface area contributed by atoms with Gasteiger partial charge in [-0.1, -0.05) is 54.1 Å². The number of nitrogens with zero attached hydrogens (tertiary/aromatic N) is 2. The maximum atomic E-state index is 10.8. The molecule has 0 spiro atoms. The largest absolute Gasteiger partial charge is 0.480 e. The summed E-state index contributed by atoms with van der Waals surface area (Å²) >= 11 is 6.13. The van der Waals surface area contributed by atoms with Gasteiger partial charge in [-0.15, -0.1) is 0 Å². The standard InChI is InChI=1S/C25H31ClN2O6/c26-22-8-6-21(7-9-22)25(20-4-2-1-3-5-20)27-10-12-28(13-11-27,14-16-33-18-23(29)30)15-17-34-19-24(31)32/h1-9,25H,10-19H2,(H-,29,30,31,32)/p+1. The Bertz CT molecular complexity index is 893. The van der Waals surface area contributed by atoms with Gasteiger partial charge < -0.3 is 24.2 Å². The van der Waals surface area contributed by atoms with Gasteiger partial charge in [-0.3, -0.25) is 4.90 Å². The minimum atomic E-state index is -0.991. The molecule has 184 valence electrons. The molecule has 0 radical (unpaired) electrons. The van der Waals surface area contributed by atoms with Gasteiger partial charge in [-0.25, -0.2) is 9.59 Å². The normalized spacial score (nSPS) is 16.7. The fourth-order valence-corrected chi connectivity index (χ4v) is 4.58. The van der Waals surface area contributed by atoms with Crippen molar-refractivity contribution >= 4 is 23.5 Å². The first-order valence-corrected chi connectivity index (χ1v) is 11.7. The molecule has 1 unspecified atom stereocenters. The van der Waals surface area contributed by atoms with E-state index in [0.29, 0.717) is 35.8 Å². The van der Waals surface area contributed by atoms with Gasteiger partial charge in [-0.2, -0.15) is 0 Å². The van der Waals surface area contributed by atoms with Crippen molar-refractivity contribution in [1.82, 2.24) is 4.90 Å². The Balaban J connectivity index is 1.71. The maximum absolute atomic E-state index is 10.8. The number of piperazine rings is 1. The molecule has 0 aromatic heterocycles.